The van der Waals surface area contributed by atoms with Crippen LogP contribution in [0.15, 0.2) is 83.3 Å². The van der Waals surface area contributed by atoms with Gasteiger partial charge in [0.1, 0.15) is 5.75 Å². The summed E-state index contributed by atoms with van der Waals surface area (Å²) in [5.41, 5.74) is 2.08. The lowest BCUT2D eigenvalue weighted by Crippen LogP contribution is -2.09. The fourth-order valence-electron chi connectivity index (χ4n) is 2.59. The van der Waals surface area contributed by atoms with Gasteiger partial charge in [0, 0.05) is 10.0 Å². The molecule has 3 aromatic carbocycles. The van der Waals surface area contributed by atoms with E-state index in [4.69, 9.17) is 4.74 Å². The molecule has 0 heterocycles. The van der Waals surface area contributed by atoms with Gasteiger partial charge in [-0.05, 0) is 76.1 Å². The van der Waals surface area contributed by atoms with Gasteiger partial charge in [-0.3, -0.25) is 4.79 Å². The largest absolute Gasteiger partial charge is 0.465 e. The Morgan fingerprint density at radius 3 is 2.07 bits per heavy atom. The van der Waals surface area contributed by atoms with Crippen LogP contribution in [0.3, 0.4) is 0 Å². The average Bonchev–Trinajstić information content (AvgIpc) is 2.78. The van der Waals surface area contributed by atoms with E-state index >= 15 is 0 Å². The third-order valence-corrected chi connectivity index (χ3v) is 4.89. The van der Waals surface area contributed by atoms with Gasteiger partial charge in [0.2, 0.25) is 0 Å². The monoisotopic (exact) mass is 464 g/mol. The molecule has 0 bridgehead atoms. The highest BCUT2D eigenvalue weighted by Gasteiger charge is 2.12. The highest BCUT2D eigenvalue weighted by atomic mass is 79.9. The predicted octanol–water partition coefficient (Wildman–Crippen LogP) is 5.35. The summed E-state index contributed by atoms with van der Waals surface area (Å²) in [7, 11) is 1.32. The van der Waals surface area contributed by atoms with Crippen molar-refractivity contribution in [1.29, 1.82) is 0 Å². The van der Waals surface area contributed by atoms with Crippen molar-refractivity contribution < 1.29 is 23.9 Å². The van der Waals surface area contributed by atoms with Crippen LogP contribution in [0.2, 0.25) is 0 Å². The zero-order valence-electron chi connectivity index (χ0n) is 16.0. The first-order valence-corrected chi connectivity index (χ1v) is 9.75. The standard InChI is InChI=1S/C24H17BrO5/c1-29-23(27)18-9-6-16(7-10-18)8-15-22(26)17-11-13-19(14-12-17)30-24(28)20-4-2-3-5-21(20)25/h2-15H,1H3. The third kappa shape index (κ3) is 5.30. The second kappa shape index (κ2) is 9.80. The average molecular weight is 465 g/mol. The van der Waals surface area contributed by atoms with Crippen LogP contribution in [-0.2, 0) is 4.74 Å². The number of carbonyl (C=O) groups is 3. The predicted molar refractivity (Wildman–Crippen MR) is 117 cm³/mol. The number of hydrogen-bond acceptors (Lipinski definition) is 5. The summed E-state index contributed by atoms with van der Waals surface area (Å²) in [5.74, 6) is -0.760. The quantitative estimate of drug-likeness (QED) is 0.213. The van der Waals surface area contributed by atoms with E-state index in [1.165, 1.54) is 13.2 Å². The zero-order chi connectivity index (χ0) is 21.5. The molecule has 0 aromatic heterocycles. The lowest BCUT2D eigenvalue weighted by Gasteiger charge is -2.06. The number of halogens is 1. The fourth-order valence-corrected chi connectivity index (χ4v) is 3.04. The summed E-state index contributed by atoms with van der Waals surface area (Å²) in [6, 6.07) is 20.0. The summed E-state index contributed by atoms with van der Waals surface area (Å²) in [6.45, 7) is 0. The summed E-state index contributed by atoms with van der Waals surface area (Å²) < 4.78 is 10.6. The molecule has 0 radical (unpaired) electrons. The summed E-state index contributed by atoms with van der Waals surface area (Å²) in [4.78, 5) is 36.0. The molecule has 0 spiro atoms. The van der Waals surface area contributed by atoms with Crippen molar-refractivity contribution >= 4 is 39.7 Å². The van der Waals surface area contributed by atoms with E-state index in [0.29, 0.717) is 26.9 Å². The Bertz CT molecular complexity index is 1100. The molecule has 0 aliphatic rings. The maximum atomic E-state index is 12.4. The number of allylic oxidation sites excluding steroid dienone is 1. The maximum absolute atomic E-state index is 12.4. The molecule has 150 valence electrons. The molecule has 0 unspecified atom stereocenters. The second-order valence-electron chi connectivity index (χ2n) is 6.20. The Hall–Kier alpha value is -3.51. The van der Waals surface area contributed by atoms with Crippen LogP contribution in [0.1, 0.15) is 36.6 Å². The molecule has 6 heteroatoms. The Labute approximate surface area is 182 Å². The van der Waals surface area contributed by atoms with Crippen LogP contribution >= 0.6 is 15.9 Å². The van der Waals surface area contributed by atoms with Gasteiger partial charge in [0.05, 0.1) is 18.2 Å². The van der Waals surface area contributed by atoms with Crippen LogP contribution < -0.4 is 4.74 Å². The van der Waals surface area contributed by atoms with Crippen molar-refractivity contribution in [2.45, 2.75) is 0 Å². The number of ether oxygens (including phenoxy) is 2. The molecule has 0 amide bonds. The lowest BCUT2D eigenvalue weighted by molar-refractivity contribution is 0.0600. The van der Waals surface area contributed by atoms with Gasteiger partial charge in [0.15, 0.2) is 5.78 Å². The summed E-state index contributed by atoms with van der Waals surface area (Å²) >= 11 is 3.32. The van der Waals surface area contributed by atoms with Gasteiger partial charge < -0.3 is 9.47 Å². The smallest absolute Gasteiger partial charge is 0.344 e. The van der Waals surface area contributed by atoms with E-state index < -0.39 is 11.9 Å². The number of ketones is 1. The van der Waals surface area contributed by atoms with Gasteiger partial charge in [-0.2, -0.15) is 0 Å². The minimum atomic E-state index is -0.489. The van der Waals surface area contributed by atoms with Crippen molar-refractivity contribution in [3.8, 4) is 5.75 Å². The normalized spacial score (nSPS) is 10.6. The Morgan fingerprint density at radius 2 is 1.43 bits per heavy atom. The number of methoxy groups -OCH3 is 1. The Kier molecular flexibility index (Phi) is 6.93. The number of esters is 2. The number of hydrogen-bond donors (Lipinski definition) is 0. The van der Waals surface area contributed by atoms with E-state index in [9.17, 15) is 14.4 Å². The number of rotatable bonds is 6. The van der Waals surface area contributed by atoms with E-state index in [0.717, 1.165) is 5.56 Å². The highest BCUT2D eigenvalue weighted by Crippen LogP contribution is 2.20. The van der Waals surface area contributed by atoms with Crippen LogP contribution in [0.4, 0.5) is 0 Å². The molecule has 0 N–H and O–H groups in total. The molecule has 0 saturated carbocycles. The molecule has 0 aliphatic carbocycles. The SMILES string of the molecule is COC(=O)c1ccc(C=CC(=O)c2ccc(OC(=O)c3ccccc3Br)cc2)cc1. The van der Waals surface area contributed by atoms with Crippen LogP contribution in [0.25, 0.3) is 6.08 Å². The highest BCUT2D eigenvalue weighted by molar-refractivity contribution is 9.10. The van der Waals surface area contributed by atoms with Crippen LogP contribution in [0, 0.1) is 0 Å². The van der Waals surface area contributed by atoms with Gasteiger partial charge in [-0.25, -0.2) is 9.59 Å². The summed E-state index contributed by atoms with van der Waals surface area (Å²) in [6.07, 6.45) is 3.10. The van der Waals surface area contributed by atoms with Crippen molar-refractivity contribution in [3.05, 3.63) is 106 Å². The number of carbonyl (C=O) groups excluding carboxylic acids is 3. The second-order valence-corrected chi connectivity index (χ2v) is 7.06. The van der Waals surface area contributed by atoms with E-state index in [2.05, 4.69) is 20.7 Å². The Balaban J connectivity index is 1.63. The maximum Gasteiger partial charge on any atom is 0.344 e. The molecule has 30 heavy (non-hydrogen) atoms. The lowest BCUT2D eigenvalue weighted by atomic mass is 10.1. The van der Waals surface area contributed by atoms with Gasteiger partial charge in [0.25, 0.3) is 0 Å². The topological polar surface area (TPSA) is 69.7 Å². The van der Waals surface area contributed by atoms with Crippen LogP contribution in [0.5, 0.6) is 5.75 Å². The zero-order valence-corrected chi connectivity index (χ0v) is 17.6. The van der Waals surface area contributed by atoms with Crippen LogP contribution in [-0.4, -0.2) is 24.8 Å². The van der Waals surface area contributed by atoms with Crippen molar-refractivity contribution in [1.82, 2.24) is 0 Å². The molecule has 0 saturated heterocycles. The first-order chi connectivity index (χ1) is 14.5. The molecular weight excluding hydrogens is 448 g/mol. The van der Waals surface area contributed by atoms with Crippen molar-refractivity contribution in [2.75, 3.05) is 7.11 Å². The van der Waals surface area contributed by atoms with E-state index in [1.54, 1.807) is 72.8 Å². The molecule has 3 aromatic rings. The minimum absolute atomic E-state index is 0.198. The Morgan fingerprint density at radius 1 is 0.800 bits per heavy atom. The van der Waals surface area contributed by atoms with Crippen molar-refractivity contribution in [3.63, 3.8) is 0 Å². The minimum Gasteiger partial charge on any atom is -0.465 e. The first-order valence-electron chi connectivity index (χ1n) is 8.95. The van der Waals surface area contributed by atoms with E-state index in [1.807, 2.05) is 6.07 Å². The molecule has 0 atom stereocenters. The number of benzene rings is 3. The van der Waals surface area contributed by atoms with Gasteiger partial charge in [-0.15, -0.1) is 0 Å². The molecule has 0 fully saturated rings. The molecule has 0 aliphatic heterocycles. The molecule has 3 rings (SSSR count). The first kappa shape index (κ1) is 21.2. The molecular formula is C24H17BrO5. The van der Waals surface area contributed by atoms with Gasteiger partial charge >= 0.3 is 11.9 Å². The third-order valence-electron chi connectivity index (χ3n) is 4.20. The molecule has 5 nitrogen and oxygen atoms in total. The van der Waals surface area contributed by atoms with Gasteiger partial charge in [-0.1, -0.05) is 30.3 Å². The fraction of sp³-hybridized carbons (Fsp3) is 0.0417. The summed E-state index contributed by atoms with van der Waals surface area (Å²) in [5, 5.41) is 0. The van der Waals surface area contributed by atoms with Crippen molar-refractivity contribution in [2.24, 2.45) is 0 Å². The van der Waals surface area contributed by atoms with E-state index in [-0.39, 0.29) is 5.78 Å².